The Labute approximate surface area is 92.0 Å². The minimum atomic E-state index is -0.548. The van der Waals surface area contributed by atoms with Crippen LogP contribution in [0.4, 0.5) is 0 Å². The van der Waals surface area contributed by atoms with Crippen LogP contribution in [0.15, 0.2) is 22.8 Å². The number of carbonyl (C=O) groups is 1. The molecule has 1 unspecified atom stereocenters. The molecule has 0 aliphatic rings. The van der Waals surface area contributed by atoms with Gasteiger partial charge in [-0.25, -0.2) is 0 Å². The third-order valence-corrected chi connectivity index (χ3v) is 2.22. The maximum absolute atomic E-state index is 11.6. The Morgan fingerprint density at radius 1 is 1.64 bits per heavy atom. The van der Waals surface area contributed by atoms with E-state index in [9.17, 15) is 4.79 Å². The van der Waals surface area contributed by atoms with Crippen LogP contribution in [0.3, 0.4) is 0 Å². The molecule has 1 rings (SSSR count). The van der Waals surface area contributed by atoms with Gasteiger partial charge in [0.15, 0.2) is 0 Å². The zero-order chi connectivity index (χ0) is 10.8. The van der Waals surface area contributed by atoms with Crippen molar-refractivity contribution in [2.75, 3.05) is 0 Å². The van der Waals surface area contributed by atoms with E-state index in [4.69, 9.17) is 4.42 Å². The van der Waals surface area contributed by atoms with Crippen molar-refractivity contribution in [2.24, 2.45) is 0 Å². The Hall–Kier alpha value is -0.770. The number of amides is 1. The van der Waals surface area contributed by atoms with Crippen molar-refractivity contribution in [3.8, 4) is 0 Å². The third kappa shape index (κ3) is 2.87. The van der Waals surface area contributed by atoms with Gasteiger partial charge in [0.25, 0.3) is 0 Å². The van der Waals surface area contributed by atoms with Gasteiger partial charge in [-0.1, -0.05) is 15.9 Å². The van der Waals surface area contributed by atoms with Gasteiger partial charge in [-0.05, 0) is 32.9 Å². The molecule has 0 aromatic carbocycles. The second-order valence-electron chi connectivity index (χ2n) is 3.68. The quantitative estimate of drug-likeness (QED) is 0.849. The maximum atomic E-state index is 11.6. The molecule has 0 spiro atoms. The van der Waals surface area contributed by atoms with Crippen LogP contribution >= 0.6 is 15.9 Å². The first-order valence-corrected chi connectivity index (χ1v) is 5.24. The lowest BCUT2D eigenvalue weighted by atomic mass is 10.1. The summed E-state index contributed by atoms with van der Waals surface area (Å²) in [5.41, 5.74) is 0. The Balaban J connectivity index is 2.58. The predicted octanol–water partition coefficient (Wildman–Crippen LogP) is 2.63. The SMILES string of the molecule is CC(NC(=O)C(C)(C)Br)c1ccco1. The van der Waals surface area contributed by atoms with Crippen LogP contribution in [0.25, 0.3) is 0 Å². The molecule has 0 bridgehead atoms. The van der Waals surface area contributed by atoms with Crippen molar-refractivity contribution in [1.29, 1.82) is 0 Å². The number of hydrogen-bond acceptors (Lipinski definition) is 2. The molecule has 4 heteroatoms. The number of furan rings is 1. The van der Waals surface area contributed by atoms with Gasteiger partial charge < -0.3 is 9.73 Å². The highest BCUT2D eigenvalue weighted by molar-refractivity contribution is 9.10. The van der Waals surface area contributed by atoms with Gasteiger partial charge in [-0.2, -0.15) is 0 Å². The molecule has 14 heavy (non-hydrogen) atoms. The van der Waals surface area contributed by atoms with Gasteiger partial charge >= 0.3 is 0 Å². The molecule has 0 fully saturated rings. The summed E-state index contributed by atoms with van der Waals surface area (Å²) >= 11 is 3.29. The number of carbonyl (C=O) groups excluding carboxylic acids is 1. The lowest BCUT2D eigenvalue weighted by Gasteiger charge is -2.19. The van der Waals surface area contributed by atoms with E-state index in [2.05, 4.69) is 21.2 Å². The number of nitrogens with one attached hydrogen (secondary N) is 1. The molecule has 1 N–H and O–H groups in total. The summed E-state index contributed by atoms with van der Waals surface area (Å²) in [5, 5.41) is 2.84. The molecular weight excluding hydrogens is 246 g/mol. The molecule has 0 radical (unpaired) electrons. The predicted molar refractivity (Wildman–Crippen MR) is 58.3 cm³/mol. The van der Waals surface area contributed by atoms with Crippen LogP contribution in [-0.2, 0) is 4.79 Å². The van der Waals surface area contributed by atoms with E-state index in [1.54, 1.807) is 26.2 Å². The van der Waals surface area contributed by atoms with Crippen molar-refractivity contribution in [2.45, 2.75) is 31.1 Å². The monoisotopic (exact) mass is 259 g/mol. The number of halogens is 1. The normalized spacial score (nSPS) is 13.7. The molecule has 0 saturated heterocycles. The van der Waals surface area contributed by atoms with E-state index in [0.717, 1.165) is 5.76 Å². The zero-order valence-electron chi connectivity index (χ0n) is 8.50. The van der Waals surface area contributed by atoms with E-state index in [1.807, 2.05) is 13.0 Å². The van der Waals surface area contributed by atoms with Crippen LogP contribution < -0.4 is 5.32 Å². The Morgan fingerprint density at radius 3 is 2.71 bits per heavy atom. The molecule has 1 heterocycles. The summed E-state index contributed by atoms with van der Waals surface area (Å²) in [7, 11) is 0. The fourth-order valence-corrected chi connectivity index (χ4v) is 1.09. The summed E-state index contributed by atoms with van der Waals surface area (Å²) in [6.45, 7) is 5.49. The summed E-state index contributed by atoms with van der Waals surface area (Å²) < 4.78 is 4.63. The average Bonchev–Trinajstić information content (AvgIpc) is 2.53. The maximum Gasteiger partial charge on any atom is 0.236 e. The van der Waals surface area contributed by atoms with E-state index in [-0.39, 0.29) is 11.9 Å². The van der Waals surface area contributed by atoms with Gasteiger partial charge in [0, 0.05) is 0 Å². The summed E-state index contributed by atoms with van der Waals surface area (Å²) in [6, 6.07) is 3.54. The minimum Gasteiger partial charge on any atom is -0.467 e. The highest BCUT2D eigenvalue weighted by Crippen LogP contribution is 2.19. The van der Waals surface area contributed by atoms with Crippen molar-refractivity contribution >= 4 is 21.8 Å². The van der Waals surface area contributed by atoms with Crippen molar-refractivity contribution in [3.05, 3.63) is 24.2 Å². The molecule has 1 aromatic heterocycles. The van der Waals surface area contributed by atoms with Crippen molar-refractivity contribution < 1.29 is 9.21 Å². The molecule has 1 atom stereocenters. The van der Waals surface area contributed by atoms with Crippen LogP contribution in [0.5, 0.6) is 0 Å². The molecule has 0 aliphatic heterocycles. The molecule has 78 valence electrons. The first-order valence-electron chi connectivity index (χ1n) is 4.44. The summed E-state index contributed by atoms with van der Waals surface area (Å²) in [4.78, 5) is 11.6. The van der Waals surface area contributed by atoms with Gasteiger partial charge in [0.05, 0.1) is 16.6 Å². The standard InChI is InChI=1S/C10H14BrNO2/c1-7(8-5-4-6-14-8)12-9(13)10(2,3)11/h4-7H,1-3H3,(H,12,13). The minimum absolute atomic E-state index is 0.0543. The molecule has 3 nitrogen and oxygen atoms in total. The molecule has 1 aromatic rings. The Morgan fingerprint density at radius 2 is 2.29 bits per heavy atom. The van der Waals surface area contributed by atoms with Gasteiger partial charge in [0.1, 0.15) is 5.76 Å². The number of rotatable bonds is 3. The zero-order valence-corrected chi connectivity index (χ0v) is 10.1. The fraction of sp³-hybridized carbons (Fsp3) is 0.500. The smallest absolute Gasteiger partial charge is 0.236 e. The molecular formula is C10H14BrNO2. The second kappa shape index (κ2) is 4.17. The van der Waals surface area contributed by atoms with Gasteiger partial charge in [-0.3, -0.25) is 4.79 Å². The van der Waals surface area contributed by atoms with Crippen LogP contribution in [0, 0.1) is 0 Å². The second-order valence-corrected chi connectivity index (χ2v) is 5.67. The average molecular weight is 260 g/mol. The van der Waals surface area contributed by atoms with E-state index in [0.29, 0.717) is 0 Å². The van der Waals surface area contributed by atoms with Crippen LogP contribution in [-0.4, -0.2) is 10.2 Å². The lowest BCUT2D eigenvalue weighted by molar-refractivity contribution is -0.123. The van der Waals surface area contributed by atoms with E-state index >= 15 is 0 Å². The topological polar surface area (TPSA) is 42.2 Å². The highest BCUT2D eigenvalue weighted by Gasteiger charge is 2.25. The Kier molecular flexibility index (Phi) is 3.37. The lowest BCUT2D eigenvalue weighted by Crippen LogP contribution is -2.38. The summed E-state index contributed by atoms with van der Waals surface area (Å²) in [6.07, 6.45) is 1.59. The fourth-order valence-electron chi connectivity index (χ4n) is 0.977. The third-order valence-electron chi connectivity index (χ3n) is 1.86. The van der Waals surface area contributed by atoms with Crippen molar-refractivity contribution in [3.63, 3.8) is 0 Å². The van der Waals surface area contributed by atoms with E-state index in [1.165, 1.54) is 0 Å². The first kappa shape index (κ1) is 11.3. The number of hydrogen-bond donors (Lipinski definition) is 1. The Bertz CT molecular complexity index is 300. The van der Waals surface area contributed by atoms with Crippen LogP contribution in [0.1, 0.15) is 32.6 Å². The molecule has 1 amide bonds. The number of alkyl halides is 1. The first-order chi connectivity index (χ1) is 6.41. The van der Waals surface area contributed by atoms with E-state index < -0.39 is 4.32 Å². The highest BCUT2D eigenvalue weighted by atomic mass is 79.9. The van der Waals surface area contributed by atoms with Crippen molar-refractivity contribution in [1.82, 2.24) is 5.32 Å². The molecule has 0 saturated carbocycles. The van der Waals surface area contributed by atoms with Gasteiger partial charge in [0.2, 0.25) is 5.91 Å². The van der Waals surface area contributed by atoms with Crippen LogP contribution in [0.2, 0.25) is 0 Å². The molecule has 0 aliphatic carbocycles. The summed E-state index contributed by atoms with van der Waals surface area (Å²) in [5.74, 6) is 0.705. The van der Waals surface area contributed by atoms with Gasteiger partial charge in [-0.15, -0.1) is 0 Å². The largest absolute Gasteiger partial charge is 0.467 e.